The molecular weight excluding hydrogens is 392 g/mol. The van der Waals surface area contributed by atoms with Crippen molar-refractivity contribution in [3.05, 3.63) is 46.2 Å². The molecule has 0 bridgehead atoms. The Hall–Kier alpha value is -2.00. The van der Waals surface area contributed by atoms with Crippen LogP contribution in [0.2, 0.25) is 0 Å². The number of benzene rings is 1. The van der Waals surface area contributed by atoms with E-state index in [2.05, 4.69) is 16.2 Å². The van der Waals surface area contributed by atoms with Gasteiger partial charge in [-0.3, -0.25) is 15.6 Å². The molecule has 1 aromatic carbocycles. The fourth-order valence-electron chi connectivity index (χ4n) is 3.11. The maximum Gasteiger partial charge on any atom is 0.280 e. The number of amides is 1. The lowest BCUT2D eigenvalue weighted by molar-refractivity contribution is -0.908. The van der Waals surface area contributed by atoms with Crippen molar-refractivity contribution >= 4 is 34.6 Å². The molecule has 0 spiro atoms. The van der Waals surface area contributed by atoms with Crippen molar-refractivity contribution in [3.63, 3.8) is 0 Å². The molecule has 0 atom stereocenters. The van der Waals surface area contributed by atoms with Gasteiger partial charge in [-0.1, -0.05) is 29.8 Å². The molecule has 4 N–H and O–H groups in total. The summed E-state index contributed by atoms with van der Waals surface area (Å²) in [5.41, 5.74) is 8.64. The number of hydrogen-bond acceptors (Lipinski definition) is 4. The third-order valence-electron chi connectivity index (χ3n) is 4.72. The average Bonchev–Trinajstić information content (AvgIpc) is 3.21. The highest BCUT2D eigenvalue weighted by atomic mass is 32.1. The first-order valence-electron chi connectivity index (χ1n) is 9.53. The summed E-state index contributed by atoms with van der Waals surface area (Å²) in [6, 6.07) is 10.1. The van der Waals surface area contributed by atoms with Crippen LogP contribution in [0.3, 0.4) is 0 Å². The van der Waals surface area contributed by atoms with Crippen LogP contribution in [0.15, 0.2) is 35.7 Å². The van der Waals surface area contributed by atoms with E-state index in [1.54, 1.807) is 4.90 Å². The molecule has 0 radical (unpaired) electrons. The van der Waals surface area contributed by atoms with E-state index in [0.29, 0.717) is 9.99 Å². The molecule has 6 nitrogen and oxygen atoms in total. The second kappa shape index (κ2) is 10.5. The Kier molecular flexibility index (Phi) is 7.79. The summed E-state index contributed by atoms with van der Waals surface area (Å²) >= 11 is 6.67. The maximum atomic E-state index is 12.5. The van der Waals surface area contributed by atoms with Crippen molar-refractivity contribution in [1.29, 1.82) is 0 Å². The largest absolute Gasteiger partial charge is 0.370 e. The van der Waals surface area contributed by atoms with Gasteiger partial charge in [-0.15, -0.1) is 11.3 Å². The Balaban J connectivity index is 1.41. The van der Waals surface area contributed by atoms with Gasteiger partial charge in [0.1, 0.15) is 18.0 Å². The molecule has 1 fully saturated rings. The first kappa shape index (κ1) is 20.7. The number of thiocarbonyl (C=S) groups is 1. The van der Waals surface area contributed by atoms with E-state index in [-0.39, 0.29) is 5.91 Å². The van der Waals surface area contributed by atoms with Crippen molar-refractivity contribution in [2.45, 2.75) is 13.3 Å². The third kappa shape index (κ3) is 6.00. The SMILES string of the molecule is Cc1ccc(-c2ccsc2C(=O)NNC(=S)NCCC[NH+]2CCOCC2)cc1. The molecule has 1 aliphatic rings. The zero-order valence-electron chi connectivity index (χ0n) is 16.0. The summed E-state index contributed by atoms with van der Waals surface area (Å²) < 4.78 is 5.36. The molecule has 28 heavy (non-hydrogen) atoms. The number of rotatable bonds is 6. The van der Waals surface area contributed by atoms with Crippen molar-refractivity contribution in [3.8, 4) is 11.1 Å². The second-order valence-corrected chi connectivity index (χ2v) is 8.15. The first-order chi connectivity index (χ1) is 13.6. The number of carbonyl (C=O) groups is 1. The molecule has 0 unspecified atom stereocenters. The Bertz CT molecular complexity index is 786. The van der Waals surface area contributed by atoms with Crippen molar-refractivity contribution in [2.75, 3.05) is 39.4 Å². The Morgan fingerprint density at radius 1 is 1.18 bits per heavy atom. The number of thiophene rings is 1. The Morgan fingerprint density at radius 2 is 1.93 bits per heavy atom. The predicted octanol–water partition coefficient (Wildman–Crippen LogP) is 1.14. The Labute approximate surface area is 175 Å². The number of morpholine rings is 1. The number of ether oxygens (including phenoxy) is 1. The lowest BCUT2D eigenvalue weighted by Crippen LogP contribution is -3.14. The van der Waals surface area contributed by atoms with Crippen LogP contribution in [0.4, 0.5) is 0 Å². The van der Waals surface area contributed by atoms with Crippen LogP contribution in [0.1, 0.15) is 21.7 Å². The van der Waals surface area contributed by atoms with Gasteiger partial charge in [-0.05, 0) is 36.2 Å². The molecule has 8 heteroatoms. The first-order valence-corrected chi connectivity index (χ1v) is 10.8. The van der Waals surface area contributed by atoms with Crippen LogP contribution in [-0.4, -0.2) is 50.4 Å². The molecule has 1 aromatic heterocycles. The van der Waals surface area contributed by atoms with E-state index in [0.717, 1.165) is 56.9 Å². The topological polar surface area (TPSA) is 66.8 Å². The summed E-state index contributed by atoms with van der Waals surface area (Å²) in [7, 11) is 0. The van der Waals surface area contributed by atoms with E-state index in [9.17, 15) is 4.79 Å². The van der Waals surface area contributed by atoms with Gasteiger partial charge in [0.05, 0.1) is 19.8 Å². The predicted molar refractivity (Wildman–Crippen MR) is 117 cm³/mol. The summed E-state index contributed by atoms with van der Waals surface area (Å²) in [6.45, 7) is 7.77. The number of hydrogen-bond donors (Lipinski definition) is 4. The zero-order chi connectivity index (χ0) is 19.8. The van der Waals surface area contributed by atoms with Gasteiger partial charge in [-0.2, -0.15) is 0 Å². The van der Waals surface area contributed by atoms with Gasteiger partial charge in [0, 0.05) is 18.5 Å². The summed E-state index contributed by atoms with van der Waals surface area (Å²) in [5, 5.41) is 5.49. The van der Waals surface area contributed by atoms with E-state index >= 15 is 0 Å². The molecule has 2 aromatic rings. The normalized spacial score (nSPS) is 14.5. The lowest BCUT2D eigenvalue weighted by atomic mass is 10.1. The van der Waals surface area contributed by atoms with Gasteiger partial charge < -0.3 is 15.0 Å². The molecule has 150 valence electrons. The molecular formula is C20H27N4O2S2+. The molecule has 0 aliphatic carbocycles. The minimum atomic E-state index is -0.188. The monoisotopic (exact) mass is 419 g/mol. The molecule has 1 amide bonds. The maximum absolute atomic E-state index is 12.5. The minimum absolute atomic E-state index is 0.188. The highest BCUT2D eigenvalue weighted by molar-refractivity contribution is 7.80. The van der Waals surface area contributed by atoms with Crippen LogP contribution < -0.4 is 21.1 Å². The quantitative estimate of drug-likeness (QED) is 0.321. The number of aryl methyl sites for hydroxylation is 1. The minimum Gasteiger partial charge on any atom is -0.370 e. The molecule has 2 heterocycles. The van der Waals surface area contributed by atoms with Gasteiger partial charge in [0.15, 0.2) is 5.11 Å². The number of nitrogens with one attached hydrogen (secondary N) is 4. The van der Waals surface area contributed by atoms with Crippen LogP contribution in [0, 0.1) is 6.92 Å². The Morgan fingerprint density at radius 3 is 2.68 bits per heavy atom. The lowest BCUT2D eigenvalue weighted by Gasteiger charge is -2.23. The molecule has 3 rings (SSSR count). The van der Waals surface area contributed by atoms with E-state index in [4.69, 9.17) is 17.0 Å². The standard InChI is InChI=1S/C20H26N4O2S2/c1-15-3-5-16(6-4-15)17-7-14-28-18(17)19(25)22-23-20(27)21-8-2-9-24-10-12-26-13-11-24/h3-7,14H,2,8-13H2,1H3,(H,22,25)(H2,21,23,27)/p+1. The number of hydrazine groups is 1. The summed E-state index contributed by atoms with van der Waals surface area (Å²) in [5.74, 6) is -0.188. The highest BCUT2D eigenvalue weighted by Gasteiger charge is 2.15. The van der Waals surface area contributed by atoms with Gasteiger partial charge >= 0.3 is 0 Å². The van der Waals surface area contributed by atoms with Gasteiger partial charge in [-0.25, -0.2) is 0 Å². The fraction of sp³-hybridized carbons (Fsp3) is 0.400. The van der Waals surface area contributed by atoms with Gasteiger partial charge in [0.25, 0.3) is 5.91 Å². The molecule has 0 saturated carbocycles. The smallest absolute Gasteiger partial charge is 0.280 e. The molecule has 1 aliphatic heterocycles. The van der Waals surface area contributed by atoms with E-state index in [1.165, 1.54) is 16.9 Å². The van der Waals surface area contributed by atoms with Crippen molar-refractivity contribution in [1.82, 2.24) is 16.2 Å². The van der Waals surface area contributed by atoms with Crippen LogP contribution in [-0.2, 0) is 4.74 Å². The molecule has 1 saturated heterocycles. The van der Waals surface area contributed by atoms with E-state index in [1.807, 2.05) is 42.6 Å². The fourth-order valence-corrected chi connectivity index (χ4v) is 4.07. The number of quaternary nitrogens is 1. The summed E-state index contributed by atoms with van der Waals surface area (Å²) in [4.78, 5) is 14.8. The van der Waals surface area contributed by atoms with Crippen molar-refractivity contribution < 1.29 is 14.4 Å². The number of carbonyl (C=O) groups excluding carboxylic acids is 1. The van der Waals surface area contributed by atoms with Gasteiger partial charge in [0.2, 0.25) is 0 Å². The van der Waals surface area contributed by atoms with Crippen LogP contribution >= 0.6 is 23.6 Å². The third-order valence-corrected chi connectivity index (χ3v) is 5.88. The van der Waals surface area contributed by atoms with Crippen LogP contribution in [0.5, 0.6) is 0 Å². The zero-order valence-corrected chi connectivity index (χ0v) is 17.7. The second-order valence-electron chi connectivity index (χ2n) is 6.83. The van der Waals surface area contributed by atoms with Crippen LogP contribution in [0.25, 0.3) is 11.1 Å². The average molecular weight is 420 g/mol. The van der Waals surface area contributed by atoms with E-state index < -0.39 is 0 Å². The summed E-state index contributed by atoms with van der Waals surface area (Å²) in [6.07, 6.45) is 1.02. The highest BCUT2D eigenvalue weighted by Crippen LogP contribution is 2.28. The van der Waals surface area contributed by atoms with Crippen molar-refractivity contribution in [2.24, 2.45) is 0 Å².